The van der Waals surface area contributed by atoms with Gasteiger partial charge in [0.25, 0.3) is 0 Å². The van der Waals surface area contributed by atoms with E-state index in [4.69, 9.17) is 9.47 Å². The highest BCUT2D eigenvalue weighted by Gasteiger charge is 2.33. The van der Waals surface area contributed by atoms with Crippen LogP contribution < -0.4 is 20.1 Å². The number of likely N-dealkylation sites (N-methyl/N-ethyl adjacent to an activating group) is 1. The van der Waals surface area contributed by atoms with E-state index in [9.17, 15) is 22.8 Å². The molecule has 0 saturated heterocycles. The van der Waals surface area contributed by atoms with Crippen LogP contribution in [0.2, 0.25) is 0 Å². The number of benzene rings is 2. The summed E-state index contributed by atoms with van der Waals surface area (Å²) in [5.74, 6) is 0.0299. The molecule has 0 saturated carbocycles. The van der Waals surface area contributed by atoms with Crippen molar-refractivity contribution in [1.29, 1.82) is 0 Å². The molecule has 0 aromatic heterocycles. The van der Waals surface area contributed by atoms with Crippen LogP contribution in [0.1, 0.15) is 12.5 Å². The Balaban J connectivity index is 1.58. The minimum absolute atomic E-state index is 0.110. The molecule has 0 radical (unpaired) electrons. The van der Waals surface area contributed by atoms with Gasteiger partial charge in [0.1, 0.15) is 0 Å². The summed E-state index contributed by atoms with van der Waals surface area (Å²) in [5, 5.41) is 4.96. The van der Waals surface area contributed by atoms with E-state index >= 15 is 0 Å². The molecule has 30 heavy (non-hydrogen) atoms. The first-order chi connectivity index (χ1) is 14.1. The van der Waals surface area contributed by atoms with Gasteiger partial charge in [-0.25, -0.2) is 0 Å². The third-order valence-corrected chi connectivity index (χ3v) is 4.58. The Labute approximate surface area is 170 Å². The average Bonchev–Trinajstić information content (AvgIpc) is 3.14. The van der Waals surface area contributed by atoms with Crippen LogP contribution in [0.15, 0.2) is 42.5 Å². The van der Waals surface area contributed by atoms with Gasteiger partial charge in [-0.3, -0.25) is 14.5 Å². The number of hydrogen-bond acceptors (Lipinski definition) is 5. The van der Waals surface area contributed by atoms with E-state index in [1.807, 2.05) is 0 Å². The summed E-state index contributed by atoms with van der Waals surface area (Å²) in [6.07, 6.45) is -4.59. The molecular formula is C20H20F3N3O4. The van der Waals surface area contributed by atoms with E-state index < -0.39 is 23.7 Å². The Morgan fingerprint density at radius 3 is 2.53 bits per heavy atom. The number of rotatable bonds is 6. The topological polar surface area (TPSA) is 79.9 Å². The van der Waals surface area contributed by atoms with Gasteiger partial charge < -0.3 is 20.1 Å². The van der Waals surface area contributed by atoms with Gasteiger partial charge in [0.05, 0.1) is 23.8 Å². The molecule has 3 rings (SSSR count). The van der Waals surface area contributed by atoms with Crippen molar-refractivity contribution in [2.45, 2.75) is 19.1 Å². The monoisotopic (exact) mass is 423 g/mol. The van der Waals surface area contributed by atoms with Crippen LogP contribution in [0.4, 0.5) is 24.5 Å². The standard InChI is InChI=1S/C20H20F3N3O4/c1-12(19(28)24-13-7-8-16-17(9-13)30-11-29-16)26(2)10-18(27)25-15-6-4-3-5-14(15)20(21,22)23/h3-9,12H,10-11H2,1-2H3,(H,24,28)(H,25,27)/t12-/m0/s1. The van der Waals surface area contributed by atoms with Gasteiger partial charge in [0.15, 0.2) is 11.5 Å². The van der Waals surface area contributed by atoms with Crippen LogP contribution >= 0.6 is 0 Å². The molecule has 2 N–H and O–H groups in total. The molecule has 0 spiro atoms. The van der Waals surface area contributed by atoms with Gasteiger partial charge in [0, 0.05) is 11.8 Å². The maximum Gasteiger partial charge on any atom is 0.418 e. The maximum absolute atomic E-state index is 13.1. The van der Waals surface area contributed by atoms with Gasteiger partial charge >= 0.3 is 6.18 Å². The maximum atomic E-state index is 13.1. The fourth-order valence-electron chi connectivity index (χ4n) is 2.81. The number of anilines is 2. The predicted octanol–water partition coefficient (Wildman–Crippen LogP) is 3.33. The van der Waals surface area contributed by atoms with Crippen molar-refractivity contribution in [3.63, 3.8) is 0 Å². The Morgan fingerprint density at radius 2 is 1.80 bits per heavy atom. The van der Waals surface area contributed by atoms with E-state index in [1.54, 1.807) is 25.1 Å². The van der Waals surface area contributed by atoms with Gasteiger partial charge in [-0.05, 0) is 38.2 Å². The molecular weight excluding hydrogens is 403 g/mol. The molecule has 10 heteroatoms. The Bertz CT molecular complexity index is 949. The summed E-state index contributed by atoms with van der Waals surface area (Å²) in [6, 6.07) is 8.92. The third-order valence-electron chi connectivity index (χ3n) is 4.58. The molecule has 2 aromatic carbocycles. The molecule has 2 amide bonds. The van der Waals surface area contributed by atoms with E-state index in [0.717, 1.165) is 6.07 Å². The molecule has 1 aliphatic heterocycles. The van der Waals surface area contributed by atoms with Crippen LogP contribution in [0, 0.1) is 0 Å². The third kappa shape index (κ3) is 5.01. The number of nitrogens with one attached hydrogen (secondary N) is 2. The van der Waals surface area contributed by atoms with Crippen molar-refractivity contribution < 1.29 is 32.2 Å². The molecule has 160 valence electrons. The van der Waals surface area contributed by atoms with Crippen LogP contribution in [0.5, 0.6) is 11.5 Å². The summed E-state index contributed by atoms with van der Waals surface area (Å²) < 4.78 is 49.6. The highest BCUT2D eigenvalue weighted by Crippen LogP contribution is 2.35. The summed E-state index contributed by atoms with van der Waals surface area (Å²) in [6.45, 7) is 1.42. The minimum Gasteiger partial charge on any atom is -0.454 e. The van der Waals surface area contributed by atoms with Gasteiger partial charge in [-0.1, -0.05) is 12.1 Å². The van der Waals surface area contributed by atoms with Crippen LogP contribution in [-0.2, 0) is 15.8 Å². The number of amides is 2. The van der Waals surface area contributed by atoms with E-state index in [2.05, 4.69) is 10.6 Å². The van der Waals surface area contributed by atoms with Crippen molar-refractivity contribution in [3.8, 4) is 11.5 Å². The van der Waals surface area contributed by atoms with Gasteiger partial charge in [0.2, 0.25) is 18.6 Å². The molecule has 1 heterocycles. The number of para-hydroxylation sites is 1. The van der Waals surface area contributed by atoms with Crippen molar-refractivity contribution in [2.24, 2.45) is 0 Å². The highest BCUT2D eigenvalue weighted by molar-refractivity contribution is 5.96. The number of carbonyl (C=O) groups excluding carboxylic acids is 2. The van der Waals surface area contributed by atoms with Crippen molar-refractivity contribution in [1.82, 2.24) is 4.90 Å². The number of nitrogens with zero attached hydrogens (tertiary/aromatic N) is 1. The molecule has 1 atom stereocenters. The van der Waals surface area contributed by atoms with Crippen LogP contribution in [0.3, 0.4) is 0 Å². The largest absolute Gasteiger partial charge is 0.454 e. The zero-order valence-corrected chi connectivity index (χ0v) is 16.2. The van der Waals surface area contributed by atoms with Crippen molar-refractivity contribution >= 4 is 23.2 Å². The zero-order valence-electron chi connectivity index (χ0n) is 16.2. The fourth-order valence-corrected chi connectivity index (χ4v) is 2.81. The lowest BCUT2D eigenvalue weighted by molar-refractivity contribution is -0.137. The smallest absolute Gasteiger partial charge is 0.418 e. The van der Waals surface area contributed by atoms with E-state index in [-0.39, 0.29) is 24.9 Å². The Morgan fingerprint density at radius 1 is 1.10 bits per heavy atom. The highest BCUT2D eigenvalue weighted by atomic mass is 19.4. The lowest BCUT2D eigenvalue weighted by Crippen LogP contribution is -2.43. The average molecular weight is 423 g/mol. The number of halogens is 3. The normalized spacial score (nSPS) is 13.8. The lowest BCUT2D eigenvalue weighted by Gasteiger charge is -2.23. The molecule has 0 fully saturated rings. The van der Waals surface area contributed by atoms with Crippen molar-refractivity contribution in [3.05, 3.63) is 48.0 Å². The number of hydrogen-bond donors (Lipinski definition) is 2. The van der Waals surface area contributed by atoms with Gasteiger partial charge in [-0.2, -0.15) is 13.2 Å². The molecule has 7 nitrogen and oxygen atoms in total. The zero-order chi connectivity index (χ0) is 21.9. The van der Waals surface area contributed by atoms with Crippen molar-refractivity contribution in [2.75, 3.05) is 31.0 Å². The molecule has 0 aliphatic carbocycles. The fraction of sp³-hybridized carbons (Fsp3) is 0.300. The quantitative estimate of drug-likeness (QED) is 0.745. The SMILES string of the molecule is C[C@@H](C(=O)Nc1ccc2c(c1)OCO2)N(C)CC(=O)Nc1ccccc1C(F)(F)F. The Hall–Kier alpha value is -3.27. The first kappa shape index (κ1) is 21.4. The number of alkyl halides is 3. The predicted molar refractivity (Wildman–Crippen MR) is 103 cm³/mol. The second kappa shape index (κ2) is 8.62. The molecule has 1 aliphatic rings. The summed E-state index contributed by atoms with van der Waals surface area (Å²) >= 11 is 0. The molecule has 2 aromatic rings. The summed E-state index contributed by atoms with van der Waals surface area (Å²) in [4.78, 5) is 26.1. The number of fused-ring (bicyclic) bond motifs is 1. The molecule has 0 unspecified atom stereocenters. The summed E-state index contributed by atoms with van der Waals surface area (Å²) in [7, 11) is 1.53. The number of ether oxygens (including phenoxy) is 2. The number of carbonyl (C=O) groups is 2. The summed E-state index contributed by atoms with van der Waals surface area (Å²) in [5.41, 5.74) is -0.775. The minimum atomic E-state index is -4.59. The first-order valence-corrected chi connectivity index (χ1v) is 9.02. The van der Waals surface area contributed by atoms with E-state index in [1.165, 1.54) is 30.1 Å². The van der Waals surface area contributed by atoms with Gasteiger partial charge in [-0.15, -0.1) is 0 Å². The van der Waals surface area contributed by atoms with Crippen LogP contribution in [0.25, 0.3) is 0 Å². The molecule has 0 bridgehead atoms. The van der Waals surface area contributed by atoms with E-state index in [0.29, 0.717) is 17.2 Å². The van der Waals surface area contributed by atoms with Crippen LogP contribution in [-0.4, -0.2) is 43.1 Å². The lowest BCUT2D eigenvalue weighted by atomic mass is 10.1. The second-order valence-corrected chi connectivity index (χ2v) is 6.74. The second-order valence-electron chi connectivity index (χ2n) is 6.74. The first-order valence-electron chi connectivity index (χ1n) is 9.02. The Kier molecular flexibility index (Phi) is 6.16.